The summed E-state index contributed by atoms with van der Waals surface area (Å²) >= 11 is 0. The highest BCUT2D eigenvalue weighted by atomic mass is 16.8. The van der Waals surface area contributed by atoms with Gasteiger partial charge in [-0.15, -0.1) is 0 Å². The largest absolute Gasteiger partial charge is 0.477 e. The summed E-state index contributed by atoms with van der Waals surface area (Å²) in [7, 11) is 0. The molecular weight excluding hydrogens is 622 g/mol. The number of carboxylic acid groups (broad SMARTS) is 1. The number of rotatable bonds is 10. The van der Waals surface area contributed by atoms with Crippen molar-refractivity contribution in [3.8, 4) is 0 Å². The first-order chi connectivity index (χ1) is 21.3. The van der Waals surface area contributed by atoms with Gasteiger partial charge in [-0.3, -0.25) is 14.4 Å². The second-order valence-electron chi connectivity index (χ2n) is 11.9. The van der Waals surface area contributed by atoms with Crippen LogP contribution >= 0.6 is 0 Å². The summed E-state index contributed by atoms with van der Waals surface area (Å²) in [4.78, 5) is 49.0. The first kappa shape index (κ1) is 37.9. The topological polar surface area (TPSA) is 292 Å². The lowest BCUT2D eigenvalue weighted by Crippen LogP contribution is -2.72. The molecule has 46 heavy (non-hydrogen) atoms. The molecular formula is C27H45N3O16. The van der Waals surface area contributed by atoms with Crippen molar-refractivity contribution >= 4 is 23.7 Å². The monoisotopic (exact) mass is 667 g/mol. The molecule has 3 fully saturated rings. The van der Waals surface area contributed by atoms with Gasteiger partial charge in [-0.1, -0.05) is 0 Å². The second kappa shape index (κ2) is 15.1. The highest BCUT2D eigenvalue weighted by Crippen LogP contribution is 2.39. The Hall–Kier alpha value is -2.56. The summed E-state index contributed by atoms with van der Waals surface area (Å²) in [5.41, 5.74) is 0. The van der Waals surface area contributed by atoms with Crippen LogP contribution in [0.4, 0.5) is 0 Å². The normalized spacial score (nSPS) is 42.7. The quantitative estimate of drug-likeness (QED) is 0.104. The molecule has 0 aliphatic carbocycles. The van der Waals surface area contributed by atoms with Crippen LogP contribution in [-0.4, -0.2) is 157 Å². The van der Waals surface area contributed by atoms with E-state index < -0.39 is 128 Å². The number of amides is 3. The lowest BCUT2D eigenvalue weighted by molar-refractivity contribution is -0.364. The summed E-state index contributed by atoms with van der Waals surface area (Å²) in [5, 5.41) is 81.6. The summed E-state index contributed by atoms with van der Waals surface area (Å²) in [6.45, 7) is 7.27. The molecule has 16 atom stereocenters. The van der Waals surface area contributed by atoms with Gasteiger partial charge in [0.2, 0.25) is 17.7 Å². The van der Waals surface area contributed by atoms with Gasteiger partial charge in [0.1, 0.15) is 48.7 Å². The molecule has 0 bridgehead atoms. The first-order valence-corrected chi connectivity index (χ1v) is 14.7. The molecule has 0 radical (unpaired) electrons. The lowest BCUT2D eigenvalue weighted by Gasteiger charge is -2.52. The Morgan fingerprint density at radius 3 is 1.87 bits per heavy atom. The van der Waals surface area contributed by atoms with Crippen LogP contribution in [0.15, 0.2) is 0 Å². The molecule has 0 spiro atoms. The van der Waals surface area contributed by atoms with Gasteiger partial charge >= 0.3 is 5.97 Å². The molecule has 3 amide bonds. The van der Waals surface area contributed by atoms with Crippen molar-refractivity contribution in [1.82, 2.24) is 16.0 Å². The maximum absolute atomic E-state index is 13.0. The lowest BCUT2D eigenvalue weighted by atomic mass is 9.87. The van der Waals surface area contributed by atoms with Crippen molar-refractivity contribution in [3.05, 3.63) is 0 Å². The van der Waals surface area contributed by atoms with E-state index in [2.05, 4.69) is 16.0 Å². The second-order valence-corrected chi connectivity index (χ2v) is 11.9. The minimum atomic E-state index is -2.82. The zero-order chi connectivity index (χ0) is 34.8. The van der Waals surface area contributed by atoms with Gasteiger partial charge in [0.15, 0.2) is 12.6 Å². The standard InChI is InChI=1S/C27H45N3O16/c1-8(31)18(35)23-15(28-11(4)32)14(44-25-17(30-13(6)34)20(37)19(36)9(2)43-25)7-27(46-23,26(40)41)45-22-10(3)42-24(39)16(21(22)38)29-12(5)33/h8-10,14-25,31,35-39H,7H2,1-6H3,(H,28,32)(H,29,33)(H,30,34)(H,40,41)/t8-,9+,10-,14+,15-,16+,17+,18-,19+,20+,21+,22-,23+,24-,25-,27+/m0/s1. The highest BCUT2D eigenvalue weighted by molar-refractivity contribution is 5.77. The summed E-state index contributed by atoms with van der Waals surface area (Å²) in [6, 6.07) is -4.29. The SMILES string of the molecule is CC(=O)N[C@@H]1[C@@H](O)[C@@H](O[C@]2(C(=O)O)C[C@@H](O[C@@H]3O[C@H](C)[C@@H](O)[C@H](O)[C@H]3NC(C)=O)[C@H](NC(C)=O)[C@H]([C@@H](O)[C@H](C)O)O2)[C@H](C)O[C@@H]1O. The maximum atomic E-state index is 13.0. The predicted octanol–water partition coefficient (Wildman–Crippen LogP) is -4.85. The van der Waals surface area contributed by atoms with Gasteiger partial charge in [0.25, 0.3) is 5.79 Å². The van der Waals surface area contributed by atoms with E-state index in [1.165, 1.54) is 20.8 Å². The summed E-state index contributed by atoms with van der Waals surface area (Å²) in [6.07, 6.45) is -19.6. The fourth-order valence-electron chi connectivity index (χ4n) is 5.82. The van der Waals surface area contributed by atoms with Gasteiger partial charge in [0, 0.05) is 27.2 Å². The van der Waals surface area contributed by atoms with Gasteiger partial charge in [-0.2, -0.15) is 0 Å². The minimum Gasteiger partial charge on any atom is -0.477 e. The van der Waals surface area contributed by atoms with Crippen LogP contribution in [-0.2, 0) is 42.9 Å². The predicted molar refractivity (Wildman–Crippen MR) is 149 cm³/mol. The number of ether oxygens (including phenoxy) is 5. The molecule has 10 N–H and O–H groups in total. The molecule has 0 saturated carbocycles. The number of aliphatic hydroxyl groups is 6. The number of carbonyl (C=O) groups is 4. The van der Waals surface area contributed by atoms with Crippen LogP contribution < -0.4 is 16.0 Å². The van der Waals surface area contributed by atoms with E-state index >= 15 is 0 Å². The Bertz CT molecular complexity index is 1110. The van der Waals surface area contributed by atoms with Gasteiger partial charge < -0.3 is 75.4 Å². The molecule has 19 nitrogen and oxygen atoms in total. The molecule has 3 heterocycles. The number of hydrogen-bond donors (Lipinski definition) is 10. The molecule has 19 heteroatoms. The minimum absolute atomic E-state index is 0.643. The van der Waals surface area contributed by atoms with Crippen LogP contribution in [0, 0.1) is 0 Å². The van der Waals surface area contributed by atoms with Crippen molar-refractivity contribution in [1.29, 1.82) is 0 Å². The van der Waals surface area contributed by atoms with Crippen molar-refractivity contribution in [2.45, 2.75) is 145 Å². The number of carboxylic acids is 1. The van der Waals surface area contributed by atoms with Gasteiger partial charge in [-0.25, -0.2) is 4.79 Å². The van der Waals surface area contributed by atoms with E-state index in [0.717, 1.165) is 20.8 Å². The number of carbonyl (C=O) groups excluding carboxylic acids is 3. The van der Waals surface area contributed by atoms with E-state index in [1.807, 2.05) is 0 Å². The van der Waals surface area contributed by atoms with Gasteiger partial charge in [-0.05, 0) is 20.8 Å². The zero-order valence-corrected chi connectivity index (χ0v) is 26.2. The fraction of sp³-hybridized carbons (Fsp3) is 0.852. The Morgan fingerprint density at radius 1 is 0.804 bits per heavy atom. The smallest absolute Gasteiger partial charge is 0.364 e. The van der Waals surface area contributed by atoms with E-state index in [4.69, 9.17) is 23.7 Å². The Morgan fingerprint density at radius 2 is 1.35 bits per heavy atom. The van der Waals surface area contributed by atoms with Crippen LogP contribution in [0.5, 0.6) is 0 Å². The molecule has 264 valence electrons. The average molecular weight is 668 g/mol. The highest BCUT2D eigenvalue weighted by Gasteiger charge is 2.60. The fourth-order valence-corrected chi connectivity index (χ4v) is 5.82. The zero-order valence-electron chi connectivity index (χ0n) is 26.2. The molecule has 3 saturated heterocycles. The van der Waals surface area contributed by atoms with Crippen molar-refractivity contribution in [2.24, 2.45) is 0 Å². The molecule has 0 aromatic carbocycles. The molecule has 3 aliphatic heterocycles. The first-order valence-electron chi connectivity index (χ1n) is 14.7. The number of aliphatic hydroxyl groups excluding tert-OH is 6. The molecule has 0 aromatic heterocycles. The van der Waals surface area contributed by atoms with Crippen LogP contribution in [0.1, 0.15) is 48.0 Å². The third kappa shape index (κ3) is 8.29. The molecule has 0 unspecified atom stereocenters. The van der Waals surface area contributed by atoms with E-state index in [-0.39, 0.29) is 0 Å². The Labute approximate surface area is 264 Å². The third-order valence-electron chi connectivity index (χ3n) is 8.12. The summed E-state index contributed by atoms with van der Waals surface area (Å²) < 4.78 is 29.0. The third-order valence-corrected chi connectivity index (χ3v) is 8.12. The van der Waals surface area contributed by atoms with Crippen molar-refractivity contribution in [3.63, 3.8) is 0 Å². The van der Waals surface area contributed by atoms with E-state index in [1.54, 1.807) is 0 Å². The summed E-state index contributed by atoms with van der Waals surface area (Å²) in [5.74, 6) is -6.61. The maximum Gasteiger partial charge on any atom is 0.364 e. The van der Waals surface area contributed by atoms with E-state index in [0.29, 0.717) is 0 Å². The van der Waals surface area contributed by atoms with Gasteiger partial charge in [0.05, 0.1) is 30.5 Å². The average Bonchev–Trinajstić information content (AvgIpc) is 2.94. The number of hydrogen-bond acceptors (Lipinski definition) is 15. The molecule has 0 aromatic rings. The van der Waals surface area contributed by atoms with Crippen molar-refractivity contribution < 1.29 is 78.6 Å². The number of nitrogens with one attached hydrogen (secondary N) is 3. The number of aliphatic carboxylic acids is 1. The Balaban J connectivity index is 2.10. The van der Waals surface area contributed by atoms with Crippen LogP contribution in [0.2, 0.25) is 0 Å². The molecule has 3 aliphatic rings. The molecule has 3 rings (SSSR count). The Kier molecular flexibility index (Phi) is 12.5. The van der Waals surface area contributed by atoms with Crippen LogP contribution in [0.25, 0.3) is 0 Å². The van der Waals surface area contributed by atoms with Crippen LogP contribution in [0.3, 0.4) is 0 Å². The van der Waals surface area contributed by atoms with E-state index in [9.17, 15) is 54.9 Å². The van der Waals surface area contributed by atoms with Crippen molar-refractivity contribution in [2.75, 3.05) is 0 Å².